The van der Waals surface area contributed by atoms with Crippen LogP contribution in [0.25, 0.3) is 0 Å². The van der Waals surface area contributed by atoms with Crippen molar-refractivity contribution in [3.05, 3.63) is 17.5 Å². The molecule has 2 aliphatic rings. The number of amides is 1. The molecule has 5 nitrogen and oxygen atoms in total. The number of rotatable bonds is 4. The molecule has 1 aliphatic carbocycles. The van der Waals surface area contributed by atoms with Gasteiger partial charge in [-0.25, -0.2) is 0 Å². The van der Waals surface area contributed by atoms with Gasteiger partial charge in [0, 0.05) is 24.7 Å². The third-order valence-electron chi connectivity index (χ3n) is 4.85. The van der Waals surface area contributed by atoms with Crippen molar-refractivity contribution in [3.63, 3.8) is 0 Å². The molecule has 24 heavy (non-hydrogen) atoms. The Morgan fingerprint density at radius 2 is 2.04 bits per heavy atom. The van der Waals surface area contributed by atoms with E-state index in [1.165, 1.54) is 0 Å². The summed E-state index contributed by atoms with van der Waals surface area (Å²) in [6.07, 6.45) is 1.53. The molecular formula is C16H22F3N3O2. The molecule has 134 valence electrons. The van der Waals surface area contributed by atoms with E-state index in [-0.39, 0.29) is 24.5 Å². The van der Waals surface area contributed by atoms with E-state index in [0.29, 0.717) is 18.8 Å². The fraction of sp³-hybridized carbons (Fsp3) is 0.750. The number of halogens is 3. The highest BCUT2D eigenvalue weighted by Gasteiger charge is 2.35. The van der Waals surface area contributed by atoms with Gasteiger partial charge in [-0.15, -0.1) is 0 Å². The third kappa shape index (κ3) is 4.09. The zero-order valence-electron chi connectivity index (χ0n) is 13.4. The van der Waals surface area contributed by atoms with Gasteiger partial charge < -0.3 is 9.64 Å². The average molecular weight is 345 g/mol. The van der Waals surface area contributed by atoms with Gasteiger partial charge in [0.2, 0.25) is 5.91 Å². The summed E-state index contributed by atoms with van der Waals surface area (Å²) >= 11 is 0. The Morgan fingerprint density at radius 3 is 2.71 bits per heavy atom. The smallest absolute Gasteiger partial charge is 0.368 e. The molecule has 3 rings (SSSR count). The molecule has 0 spiro atoms. The summed E-state index contributed by atoms with van der Waals surface area (Å²) in [6, 6.07) is 1.05. The van der Waals surface area contributed by atoms with Crippen molar-refractivity contribution in [2.75, 3.05) is 19.7 Å². The molecule has 1 amide bonds. The van der Waals surface area contributed by atoms with Gasteiger partial charge in [-0.05, 0) is 31.7 Å². The number of ether oxygens (including phenoxy) is 1. The van der Waals surface area contributed by atoms with Crippen molar-refractivity contribution >= 4 is 5.91 Å². The predicted molar refractivity (Wildman–Crippen MR) is 80.4 cm³/mol. The van der Waals surface area contributed by atoms with Gasteiger partial charge in [0.05, 0.1) is 6.10 Å². The zero-order valence-corrected chi connectivity index (χ0v) is 13.4. The summed E-state index contributed by atoms with van der Waals surface area (Å²) in [5, 5.41) is 5.82. The minimum atomic E-state index is -4.45. The molecule has 0 aromatic carbocycles. The molecule has 1 atom stereocenters. The largest absolute Gasteiger partial charge is 0.435 e. The first-order valence-corrected chi connectivity index (χ1v) is 8.45. The van der Waals surface area contributed by atoms with Crippen LogP contribution in [0.2, 0.25) is 0 Å². The van der Waals surface area contributed by atoms with Crippen molar-refractivity contribution in [1.29, 1.82) is 0 Å². The Hall–Kier alpha value is -1.57. The first-order chi connectivity index (χ1) is 11.4. The lowest BCUT2D eigenvalue weighted by atomic mass is 9.94. The summed E-state index contributed by atoms with van der Waals surface area (Å²) in [5.74, 6) is -0.222. The normalized spacial score (nSPS) is 23.0. The third-order valence-corrected chi connectivity index (χ3v) is 4.85. The van der Waals surface area contributed by atoms with Crippen LogP contribution >= 0.6 is 0 Å². The van der Waals surface area contributed by atoms with Gasteiger partial charge in [-0.3, -0.25) is 9.89 Å². The van der Waals surface area contributed by atoms with Crippen LogP contribution in [0.3, 0.4) is 0 Å². The van der Waals surface area contributed by atoms with Crippen LogP contribution in [0.4, 0.5) is 13.2 Å². The van der Waals surface area contributed by atoms with Gasteiger partial charge in [-0.2, -0.15) is 18.3 Å². The SMILES string of the molecule is O=C(COC1CCCC1)N1CCCC(c2cc(C(F)(F)F)n[nH]2)C1. The van der Waals surface area contributed by atoms with Crippen molar-refractivity contribution in [1.82, 2.24) is 15.1 Å². The lowest BCUT2D eigenvalue weighted by Crippen LogP contribution is -2.41. The van der Waals surface area contributed by atoms with E-state index < -0.39 is 11.9 Å². The molecule has 2 heterocycles. The summed E-state index contributed by atoms with van der Waals surface area (Å²) in [4.78, 5) is 14.0. The maximum atomic E-state index is 12.7. The second-order valence-electron chi connectivity index (χ2n) is 6.60. The van der Waals surface area contributed by atoms with Crippen LogP contribution in [-0.4, -0.2) is 46.8 Å². The molecule has 8 heteroatoms. The van der Waals surface area contributed by atoms with Crippen molar-refractivity contribution < 1.29 is 22.7 Å². The van der Waals surface area contributed by atoms with E-state index in [4.69, 9.17) is 4.74 Å². The minimum absolute atomic E-state index is 0.0637. The van der Waals surface area contributed by atoms with Crippen LogP contribution in [0, 0.1) is 0 Å². The fourth-order valence-electron chi connectivity index (χ4n) is 3.48. The zero-order chi connectivity index (χ0) is 17.2. The summed E-state index contributed by atoms with van der Waals surface area (Å²) in [6.45, 7) is 1.10. The molecular weight excluding hydrogens is 323 g/mol. The van der Waals surface area contributed by atoms with E-state index in [9.17, 15) is 18.0 Å². The summed E-state index contributed by atoms with van der Waals surface area (Å²) in [5.41, 5.74) is -0.470. The van der Waals surface area contributed by atoms with Crippen molar-refractivity contribution in [2.45, 2.75) is 56.7 Å². The number of likely N-dealkylation sites (tertiary alicyclic amines) is 1. The molecule has 0 radical (unpaired) electrons. The van der Waals surface area contributed by atoms with E-state index in [1.54, 1.807) is 4.90 Å². The monoisotopic (exact) mass is 345 g/mol. The predicted octanol–water partition coefficient (Wildman–Crippen LogP) is 3.09. The average Bonchev–Trinajstić information content (AvgIpc) is 3.23. The van der Waals surface area contributed by atoms with Crippen molar-refractivity contribution in [2.24, 2.45) is 0 Å². The molecule has 1 aromatic heterocycles. The van der Waals surface area contributed by atoms with E-state index in [1.807, 2.05) is 0 Å². The Morgan fingerprint density at radius 1 is 1.29 bits per heavy atom. The van der Waals surface area contributed by atoms with Gasteiger partial charge in [0.1, 0.15) is 6.61 Å². The summed E-state index contributed by atoms with van der Waals surface area (Å²) in [7, 11) is 0. The van der Waals surface area contributed by atoms with Crippen molar-refractivity contribution in [3.8, 4) is 0 Å². The standard InChI is InChI=1S/C16H22F3N3O2/c17-16(18,19)14-8-13(20-21-14)11-4-3-7-22(9-11)15(23)10-24-12-5-1-2-6-12/h8,11-12H,1-7,9-10H2,(H,20,21). The van der Waals surface area contributed by atoms with Crippen LogP contribution in [0.1, 0.15) is 55.8 Å². The maximum absolute atomic E-state index is 12.7. The highest BCUT2D eigenvalue weighted by molar-refractivity contribution is 5.77. The lowest BCUT2D eigenvalue weighted by Gasteiger charge is -2.32. The lowest BCUT2D eigenvalue weighted by molar-refractivity contribution is -0.141. The van der Waals surface area contributed by atoms with E-state index in [0.717, 1.165) is 44.6 Å². The second kappa shape index (κ2) is 7.13. The number of nitrogens with one attached hydrogen (secondary N) is 1. The molecule has 1 saturated carbocycles. The number of H-pyrrole nitrogens is 1. The molecule has 1 N–H and O–H groups in total. The summed E-state index contributed by atoms with van der Waals surface area (Å²) < 4.78 is 43.6. The number of piperidine rings is 1. The molecule has 1 aliphatic heterocycles. The Kier molecular flexibility index (Phi) is 5.12. The highest BCUT2D eigenvalue weighted by atomic mass is 19.4. The molecule has 2 fully saturated rings. The van der Waals surface area contributed by atoms with Gasteiger partial charge in [0.25, 0.3) is 0 Å². The quantitative estimate of drug-likeness (QED) is 0.912. The number of hydrogen-bond acceptors (Lipinski definition) is 3. The number of nitrogens with zero attached hydrogens (tertiary/aromatic N) is 2. The molecule has 1 aromatic rings. The number of aromatic amines is 1. The van der Waals surface area contributed by atoms with Gasteiger partial charge >= 0.3 is 6.18 Å². The topological polar surface area (TPSA) is 58.2 Å². The molecule has 0 bridgehead atoms. The maximum Gasteiger partial charge on any atom is 0.435 e. The van der Waals surface area contributed by atoms with Crippen LogP contribution in [0.5, 0.6) is 0 Å². The molecule has 1 unspecified atom stereocenters. The second-order valence-corrected chi connectivity index (χ2v) is 6.60. The number of carbonyl (C=O) groups is 1. The molecule has 1 saturated heterocycles. The van der Waals surface area contributed by atoms with Crippen LogP contribution < -0.4 is 0 Å². The fourth-order valence-corrected chi connectivity index (χ4v) is 3.48. The Labute approximate surface area is 138 Å². The van der Waals surface area contributed by atoms with E-state index in [2.05, 4.69) is 10.2 Å². The number of alkyl halides is 3. The first-order valence-electron chi connectivity index (χ1n) is 8.45. The number of carbonyl (C=O) groups excluding carboxylic acids is 1. The van der Waals surface area contributed by atoms with E-state index >= 15 is 0 Å². The van der Waals surface area contributed by atoms with Crippen LogP contribution in [-0.2, 0) is 15.7 Å². The number of aromatic nitrogens is 2. The first kappa shape index (κ1) is 17.3. The highest BCUT2D eigenvalue weighted by Crippen LogP contribution is 2.32. The van der Waals surface area contributed by atoms with Crippen LogP contribution in [0.15, 0.2) is 6.07 Å². The number of hydrogen-bond donors (Lipinski definition) is 1. The van der Waals surface area contributed by atoms with Gasteiger partial charge in [0.15, 0.2) is 5.69 Å². The Balaban J connectivity index is 1.55. The van der Waals surface area contributed by atoms with Gasteiger partial charge in [-0.1, -0.05) is 12.8 Å². The Bertz CT molecular complexity index is 567. The minimum Gasteiger partial charge on any atom is -0.368 e.